The Hall–Kier alpha value is -2.22. The molecular weight excluding hydrogens is 518 g/mol. The molecule has 0 aliphatic carbocycles. The molecule has 0 unspecified atom stereocenters. The molecule has 1 atom stereocenters. The summed E-state index contributed by atoms with van der Waals surface area (Å²) in [4.78, 5) is 0.142. The summed E-state index contributed by atoms with van der Waals surface area (Å²) in [6.45, 7) is 2.44. The van der Waals surface area contributed by atoms with E-state index in [2.05, 4.69) is 10.0 Å². The van der Waals surface area contributed by atoms with Crippen LogP contribution in [-0.2, 0) is 31.2 Å². The first-order valence-corrected chi connectivity index (χ1v) is 15.8. The molecule has 0 spiro atoms. The van der Waals surface area contributed by atoms with Crippen LogP contribution in [0.5, 0.6) is 5.75 Å². The van der Waals surface area contributed by atoms with Gasteiger partial charge in [0.2, 0.25) is 20.0 Å². The van der Waals surface area contributed by atoms with Gasteiger partial charge in [-0.2, -0.15) is 0 Å². The second kappa shape index (κ2) is 15.3. The zero-order chi connectivity index (χ0) is 27.3. The normalized spacial score (nSPS) is 12.9. The summed E-state index contributed by atoms with van der Waals surface area (Å²) in [6, 6.07) is 11.1. The van der Waals surface area contributed by atoms with Gasteiger partial charge < -0.3 is 20.3 Å². The van der Waals surface area contributed by atoms with Crippen molar-refractivity contribution in [3.63, 3.8) is 0 Å². The van der Waals surface area contributed by atoms with Gasteiger partial charge in [-0.15, -0.1) is 0 Å². The lowest BCUT2D eigenvalue weighted by atomic mass is 10.1. The Bertz CT molecular complexity index is 1190. The summed E-state index contributed by atoms with van der Waals surface area (Å²) in [5, 5.41) is 28.5. The largest absolute Gasteiger partial charge is 0.506 e. The number of unbranched alkanes of at least 4 members (excludes halogenated alkanes) is 4. The summed E-state index contributed by atoms with van der Waals surface area (Å²) < 4.78 is 53.5. The maximum absolute atomic E-state index is 11.4. The van der Waals surface area contributed by atoms with E-state index in [4.69, 9.17) is 9.88 Å². The molecule has 0 bridgehead atoms. The summed E-state index contributed by atoms with van der Waals surface area (Å²) in [5.41, 5.74) is 1.49. The molecule has 0 fully saturated rings. The topological polar surface area (TPSA) is 168 Å². The number of sulfonamides is 2. The molecule has 0 amide bonds. The molecule has 0 radical (unpaired) electrons. The fourth-order valence-corrected chi connectivity index (χ4v) is 4.87. The van der Waals surface area contributed by atoms with Crippen molar-refractivity contribution in [2.45, 2.75) is 55.9 Å². The molecule has 0 heterocycles. The Morgan fingerprint density at radius 3 is 2.35 bits per heavy atom. The summed E-state index contributed by atoms with van der Waals surface area (Å²) in [7, 11) is -7.21. The van der Waals surface area contributed by atoms with E-state index in [0.717, 1.165) is 63.3 Å². The van der Waals surface area contributed by atoms with Gasteiger partial charge >= 0.3 is 0 Å². The van der Waals surface area contributed by atoms with Gasteiger partial charge in [-0.3, -0.25) is 4.72 Å². The number of benzene rings is 2. The monoisotopic (exact) mass is 557 g/mol. The van der Waals surface area contributed by atoms with Crippen LogP contribution >= 0.6 is 0 Å². The minimum absolute atomic E-state index is 0.0381. The first-order valence-electron chi connectivity index (χ1n) is 12.3. The number of hydrogen-bond acceptors (Lipinski definition) is 8. The number of rotatable bonds is 18. The molecule has 208 valence electrons. The Morgan fingerprint density at radius 1 is 0.946 bits per heavy atom. The highest BCUT2D eigenvalue weighted by atomic mass is 32.2. The number of phenols is 1. The van der Waals surface area contributed by atoms with Crippen molar-refractivity contribution < 1.29 is 31.8 Å². The van der Waals surface area contributed by atoms with Crippen molar-refractivity contribution in [2.24, 2.45) is 5.14 Å². The number of nitrogens with one attached hydrogen (secondary N) is 2. The third kappa shape index (κ3) is 12.7. The molecule has 2 rings (SSSR count). The number of ether oxygens (including phenoxy) is 1. The highest BCUT2D eigenvalue weighted by Gasteiger charge is 2.13. The minimum atomic E-state index is -3.67. The number of aliphatic hydroxyl groups excluding tert-OH is 1. The molecule has 12 heteroatoms. The number of nitrogens with two attached hydrogens (primary N) is 1. The maximum atomic E-state index is 11.4. The predicted molar refractivity (Wildman–Crippen MR) is 144 cm³/mol. The maximum Gasteiger partial charge on any atom is 0.238 e. The number of phenolic OH excluding ortho intramolecular Hbond substituents is 1. The highest BCUT2D eigenvalue weighted by Crippen LogP contribution is 2.27. The average molecular weight is 558 g/mol. The lowest BCUT2D eigenvalue weighted by molar-refractivity contribution is 0.126. The molecule has 10 nitrogen and oxygen atoms in total. The van der Waals surface area contributed by atoms with Crippen molar-refractivity contribution in [2.75, 3.05) is 37.3 Å². The van der Waals surface area contributed by atoms with E-state index in [0.29, 0.717) is 25.3 Å². The Labute approximate surface area is 220 Å². The predicted octanol–water partition coefficient (Wildman–Crippen LogP) is 2.63. The molecular formula is C25H39N3O7S2. The van der Waals surface area contributed by atoms with E-state index in [1.165, 1.54) is 18.2 Å². The van der Waals surface area contributed by atoms with Gasteiger partial charge in [-0.25, -0.2) is 22.0 Å². The van der Waals surface area contributed by atoms with Gasteiger partial charge in [0.05, 0.1) is 22.9 Å². The standard InChI is InChI=1S/C25H39N3O7S2/c1-36(31,32)28-23-18-21(12-13-24(23)29)25(30)19-27-14-5-2-3-6-15-35-16-7-4-9-20-10-8-11-22(17-20)37(26,33)34/h8,10-13,17-18,25,27-30H,2-7,9,14-16,19H2,1H3,(H2,26,33,34)/t25-/m1/s1. The van der Waals surface area contributed by atoms with Crippen LogP contribution in [0.4, 0.5) is 5.69 Å². The summed E-state index contributed by atoms with van der Waals surface area (Å²) in [6.07, 6.45) is 6.77. The van der Waals surface area contributed by atoms with Crippen LogP contribution in [0.3, 0.4) is 0 Å². The highest BCUT2D eigenvalue weighted by molar-refractivity contribution is 7.92. The van der Waals surface area contributed by atoms with Gasteiger partial charge in [0.15, 0.2) is 0 Å². The zero-order valence-corrected chi connectivity index (χ0v) is 22.9. The third-order valence-electron chi connectivity index (χ3n) is 5.66. The Kier molecular flexibility index (Phi) is 12.8. The van der Waals surface area contributed by atoms with E-state index >= 15 is 0 Å². The van der Waals surface area contributed by atoms with Crippen LogP contribution in [0.15, 0.2) is 47.4 Å². The van der Waals surface area contributed by atoms with E-state index in [1.807, 2.05) is 6.07 Å². The quantitative estimate of drug-likeness (QED) is 0.138. The van der Waals surface area contributed by atoms with Gasteiger partial charge in [-0.05, 0) is 74.0 Å². The Morgan fingerprint density at radius 2 is 1.65 bits per heavy atom. The van der Waals surface area contributed by atoms with E-state index in [-0.39, 0.29) is 16.3 Å². The molecule has 0 aliphatic heterocycles. The Balaban J connectivity index is 1.48. The molecule has 2 aromatic carbocycles. The second-order valence-electron chi connectivity index (χ2n) is 9.05. The van der Waals surface area contributed by atoms with Crippen LogP contribution in [0.25, 0.3) is 0 Å². The van der Waals surface area contributed by atoms with Gasteiger partial charge in [0.1, 0.15) is 5.75 Å². The number of hydrogen-bond donors (Lipinski definition) is 5. The molecule has 0 saturated heterocycles. The zero-order valence-electron chi connectivity index (χ0n) is 21.2. The number of aromatic hydroxyl groups is 1. The van der Waals surface area contributed by atoms with E-state index in [9.17, 15) is 27.0 Å². The van der Waals surface area contributed by atoms with Crippen LogP contribution in [-0.4, -0.2) is 59.6 Å². The average Bonchev–Trinajstić information content (AvgIpc) is 2.82. The fraction of sp³-hybridized carbons (Fsp3) is 0.520. The lowest BCUT2D eigenvalue weighted by Gasteiger charge is -2.14. The summed E-state index contributed by atoms with van der Waals surface area (Å²) >= 11 is 0. The molecule has 2 aromatic rings. The molecule has 37 heavy (non-hydrogen) atoms. The minimum Gasteiger partial charge on any atom is -0.506 e. The van der Waals surface area contributed by atoms with Crippen LogP contribution < -0.4 is 15.2 Å². The number of anilines is 1. The molecule has 0 aromatic heterocycles. The molecule has 6 N–H and O–H groups in total. The van der Waals surface area contributed by atoms with Crippen molar-refractivity contribution >= 4 is 25.7 Å². The molecule has 0 aliphatic rings. The van der Waals surface area contributed by atoms with Crippen LogP contribution in [0.1, 0.15) is 55.8 Å². The van der Waals surface area contributed by atoms with Gasteiger partial charge in [0, 0.05) is 19.8 Å². The third-order valence-corrected chi connectivity index (χ3v) is 7.16. The van der Waals surface area contributed by atoms with Crippen molar-refractivity contribution in [3.8, 4) is 5.75 Å². The fourth-order valence-electron chi connectivity index (χ4n) is 3.72. The first-order chi connectivity index (χ1) is 17.5. The van der Waals surface area contributed by atoms with Crippen molar-refractivity contribution in [1.82, 2.24) is 5.32 Å². The molecule has 0 saturated carbocycles. The van der Waals surface area contributed by atoms with Crippen LogP contribution in [0.2, 0.25) is 0 Å². The number of aryl methyl sites for hydroxylation is 1. The second-order valence-corrected chi connectivity index (χ2v) is 12.4. The van der Waals surface area contributed by atoms with Gasteiger partial charge in [-0.1, -0.05) is 31.0 Å². The van der Waals surface area contributed by atoms with Gasteiger partial charge in [0.25, 0.3) is 0 Å². The van der Waals surface area contributed by atoms with E-state index in [1.54, 1.807) is 18.2 Å². The van der Waals surface area contributed by atoms with Crippen molar-refractivity contribution in [1.29, 1.82) is 0 Å². The lowest BCUT2D eigenvalue weighted by Crippen LogP contribution is -2.22. The SMILES string of the molecule is CS(=O)(=O)Nc1cc([C@H](O)CNCCCCCCOCCCCc2cccc(S(N)(=O)=O)c2)ccc1O. The first kappa shape index (κ1) is 31.0. The van der Waals surface area contributed by atoms with Crippen molar-refractivity contribution in [3.05, 3.63) is 53.6 Å². The number of primary sulfonamides is 1. The smallest absolute Gasteiger partial charge is 0.238 e. The van der Waals surface area contributed by atoms with E-state index < -0.39 is 26.2 Å². The van der Waals surface area contributed by atoms with Crippen LogP contribution in [0, 0.1) is 0 Å². The summed E-state index contributed by atoms with van der Waals surface area (Å²) in [5.74, 6) is -0.202. The number of aliphatic hydroxyl groups is 1.